The Morgan fingerprint density at radius 1 is 0.459 bits per heavy atom. The third kappa shape index (κ3) is 15.9. The molecule has 4 aromatic carbocycles. The van der Waals surface area contributed by atoms with Gasteiger partial charge in [-0.05, 0) is 217 Å². The Bertz CT molecular complexity index is 5880. The molecule has 122 heavy (non-hydrogen) atoms. The zero-order valence-corrected chi connectivity index (χ0v) is 70.7. The number of nitriles is 2. The predicted molar refractivity (Wildman–Crippen MR) is 458 cm³/mol. The first-order valence-electron chi connectivity index (χ1n) is 41.3. The van der Waals surface area contributed by atoms with Crippen LogP contribution in [0.3, 0.4) is 0 Å². The topological polar surface area (TPSA) is 410 Å². The third-order valence-electron chi connectivity index (χ3n) is 25.6. The van der Waals surface area contributed by atoms with Gasteiger partial charge in [-0.1, -0.05) is 18.2 Å². The third-order valence-corrected chi connectivity index (χ3v) is 26.8. The monoisotopic (exact) mass is 1790 g/mol. The Morgan fingerprint density at radius 2 is 0.893 bits per heavy atom. The van der Waals surface area contributed by atoms with Gasteiger partial charge in [-0.2, -0.15) is 10.5 Å². The molecule has 16 atom stereocenters. The summed E-state index contributed by atoms with van der Waals surface area (Å²) in [6.45, 7) is 10.5. The normalized spacial score (nSPS) is 25.9. The fourth-order valence-corrected chi connectivity index (χ4v) is 20.6. The van der Waals surface area contributed by atoms with E-state index in [1.165, 1.54) is 59.7 Å². The molecule has 14 N–H and O–H groups in total. The van der Waals surface area contributed by atoms with Gasteiger partial charge in [-0.3, -0.25) is 0 Å². The van der Waals surface area contributed by atoms with E-state index in [9.17, 15) is 60.2 Å². The lowest BCUT2D eigenvalue weighted by Crippen LogP contribution is -2.35. The van der Waals surface area contributed by atoms with Crippen LogP contribution in [0.25, 0.3) is 44.1 Å². The highest BCUT2D eigenvalue weighted by atomic mass is 79.9. The highest BCUT2D eigenvalue weighted by Gasteiger charge is 2.49. The Balaban J connectivity index is 0.000000116. The van der Waals surface area contributed by atoms with Crippen LogP contribution >= 0.6 is 31.9 Å². The minimum Gasteiger partial charge on any atom is -0.487 e. The lowest BCUT2D eigenvalue weighted by molar-refractivity contribution is -0.0167. The molecular formula is C90H96Br2F2N16O12. The summed E-state index contributed by atoms with van der Waals surface area (Å²) in [4.78, 5) is 23.9. The number of aryl methyl sites for hydroxylation is 4. The number of ether oxygens (including phenoxy) is 4. The average molecular weight is 1790 g/mol. The molecule has 0 spiro atoms. The maximum atomic E-state index is 14.6. The van der Waals surface area contributed by atoms with Crippen molar-refractivity contribution in [3.8, 4) is 35.1 Å². The quantitative estimate of drug-likeness (QED) is 0.0541. The zero-order chi connectivity index (χ0) is 85.4. The minimum absolute atomic E-state index is 0.227. The van der Waals surface area contributed by atoms with E-state index in [2.05, 4.69) is 117 Å². The number of rotatable bonds is 12. The van der Waals surface area contributed by atoms with Crippen LogP contribution < -0.4 is 41.0 Å². The SMILES string of the molecule is CN1CCc2c(cccc2OC2CC(n3cc(F)c4c(N)ccnc43)[C@H](O)[C@@H]2O)C1.Cc1cc2c(c(OC3CC(n4cc(Br)c5c(C)ncnc54)[C@H](O)[C@@H]3O)c1)CCCC2.Cc1ccnc2c1c(F)cn2C1CC(Oc2cc(C#N)cc3c2CNCC3)[C@@H](O)[C@H]1O.N#Cc1cc2c(c(OC3CC(n4cc(Br)c5c(N)ccnc54)[C@H](O)[C@@H]3O)c1)CNCC2. The van der Waals surface area contributed by atoms with Crippen molar-refractivity contribution < 1.29 is 68.6 Å². The number of halogens is 4. The Labute approximate surface area is 718 Å². The summed E-state index contributed by atoms with van der Waals surface area (Å²) < 4.78 is 62.6. The van der Waals surface area contributed by atoms with E-state index >= 15 is 0 Å². The molecular weight excluding hydrogens is 1690 g/mol. The molecule has 8 unspecified atom stereocenters. The van der Waals surface area contributed by atoms with Crippen LogP contribution in [0.2, 0.25) is 0 Å². The molecule has 0 radical (unpaired) electrons. The molecule has 32 heteroatoms. The fourth-order valence-electron chi connectivity index (χ4n) is 19.3. The molecule has 11 heterocycles. The van der Waals surface area contributed by atoms with Gasteiger partial charge in [0, 0.05) is 127 Å². The molecule has 8 aromatic heterocycles. The molecule has 3 aliphatic heterocycles. The van der Waals surface area contributed by atoms with Crippen molar-refractivity contribution in [2.45, 2.75) is 208 Å². The Hall–Kier alpha value is -10.3. The molecule has 20 rings (SSSR count). The summed E-state index contributed by atoms with van der Waals surface area (Å²) in [5.74, 6) is 1.81. The van der Waals surface area contributed by atoms with Gasteiger partial charge in [0.1, 0.15) is 125 Å². The van der Waals surface area contributed by atoms with Crippen molar-refractivity contribution in [3.63, 3.8) is 0 Å². The summed E-state index contributed by atoms with van der Waals surface area (Å²) in [7, 11) is 2.08. The second-order valence-electron chi connectivity index (χ2n) is 33.3. The van der Waals surface area contributed by atoms with Gasteiger partial charge in [0.05, 0.1) is 74.7 Å². The molecule has 0 bridgehead atoms. The molecule has 8 aliphatic rings. The number of nitrogen functional groups attached to an aromatic ring is 2. The fraction of sp³-hybridized carbons (Fsp3) is 0.411. The van der Waals surface area contributed by atoms with Gasteiger partial charge in [-0.25, -0.2) is 33.7 Å². The molecule has 4 saturated carbocycles. The number of hydrogen-bond donors (Lipinski definition) is 12. The van der Waals surface area contributed by atoms with E-state index in [4.69, 9.17) is 30.4 Å². The highest BCUT2D eigenvalue weighted by Crippen LogP contribution is 2.46. The van der Waals surface area contributed by atoms with Crippen LogP contribution in [0.15, 0.2) is 131 Å². The lowest BCUT2D eigenvalue weighted by atomic mass is 9.89. The van der Waals surface area contributed by atoms with Gasteiger partial charge < -0.3 is 105 Å². The van der Waals surface area contributed by atoms with Gasteiger partial charge in [0.25, 0.3) is 0 Å². The molecule has 0 saturated heterocycles. The second kappa shape index (κ2) is 34.8. The molecule has 5 aliphatic carbocycles. The smallest absolute Gasteiger partial charge is 0.152 e. The Kier molecular flexibility index (Phi) is 24.0. The lowest BCUT2D eigenvalue weighted by Gasteiger charge is -2.28. The maximum Gasteiger partial charge on any atom is 0.152 e. The predicted octanol–water partition coefficient (Wildman–Crippen LogP) is 9.79. The van der Waals surface area contributed by atoms with Crippen LogP contribution in [0, 0.1) is 55.1 Å². The first-order chi connectivity index (χ1) is 58.8. The van der Waals surface area contributed by atoms with Crippen LogP contribution in [0.1, 0.15) is 135 Å². The van der Waals surface area contributed by atoms with E-state index in [0.29, 0.717) is 83.0 Å². The van der Waals surface area contributed by atoms with E-state index in [1.807, 2.05) is 59.6 Å². The number of benzene rings is 4. The van der Waals surface area contributed by atoms with Crippen molar-refractivity contribution >= 4 is 87.4 Å². The number of aromatic nitrogens is 9. The summed E-state index contributed by atoms with van der Waals surface area (Å²) in [5.41, 5.74) is 27.9. The molecule has 0 amide bonds. The number of nitrogens with one attached hydrogen (secondary N) is 2. The van der Waals surface area contributed by atoms with Crippen molar-refractivity contribution in [3.05, 3.63) is 216 Å². The van der Waals surface area contributed by atoms with Crippen LogP contribution in [0.5, 0.6) is 23.0 Å². The second-order valence-corrected chi connectivity index (χ2v) is 35.0. The molecule has 4 fully saturated rings. The number of nitrogens with zero attached hydrogens (tertiary/aromatic N) is 12. The van der Waals surface area contributed by atoms with Crippen LogP contribution in [-0.2, 0) is 51.7 Å². The van der Waals surface area contributed by atoms with E-state index in [1.54, 1.807) is 45.8 Å². The number of nitrogens with two attached hydrogens (primary N) is 2. The van der Waals surface area contributed by atoms with Crippen LogP contribution in [-0.4, -0.2) is 189 Å². The van der Waals surface area contributed by atoms with Gasteiger partial charge in [0.15, 0.2) is 11.6 Å². The van der Waals surface area contributed by atoms with E-state index in [0.717, 1.165) is 141 Å². The van der Waals surface area contributed by atoms with Crippen molar-refractivity contribution in [2.75, 3.05) is 38.1 Å². The summed E-state index contributed by atoms with van der Waals surface area (Å²) in [6, 6.07) is 24.8. The van der Waals surface area contributed by atoms with E-state index in [-0.39, 0.29) is 23.5 Å². The highest BCUT2D eigenvalue weighted by molar-refractivity contribution is 9.11. The number of fused-ring (bicyclic) bond motifs is 8. The number of aliphatic hydroxyl groups excluding tert-OH is 8. The summed E-state index contributed by atoms with van der Waals surface area (Å²) in [6.07, 6.45) is 10.1. The van der Waals surface area contributed by atoms with Gasteiger partial charge in [-0.15, -0.1) is 0 Å². The number of aliphatic hydroxyl groups is 8. The maximum absolute atomic E-state index is 14.6. The summed E-state index contributed by atoms with van der Waals surface area (Å²) in [5, 5.41) is 114. The molecule has 12 aromatic rings. The number of pyridine rings is 3. The van der Waals surface area contributed by atoms with Crippen LogP contribution in [0.4, 0.5) is 20.2 Å². The van der Waals surface area contributed by atoms with Gasteiger partial charge in [0.2, 0.25) is 0 Å². The van der Waals surface area contributed by atoms with E-state index < -0.39 is 103 Å². The zero-order valence-electron chi connectivity index (χ0n) is 67.5. The standard InChI is InChI=1S/C23H26BrN3O3.C23H23FN4O3.C22H22BrN5O3.C22H25FN4O3/c1-12-7-14-5-3-4-6-15(14)18(8-12)30-19-9-17(21(28)22(19)29)27-10-16(24)20-13(2)25-11-26-23(20)27;1-12-2-5-27-23-20(12)16(24)11-28(23)17-8-19(22(30)21(17)29)31-18-7-13(9-25)6-14-3-4-26-10-15(14)18;23-14-10-28(22-19(14)15(25)2-4-27-22)16-7-18(21(30)20(16)29)31-17-6-11(8-24)5-12-1-3-26-9-13(12)17;1-26-8-6-13-12(10-26)3-2-4-17(13)30-18-9-16(20(28)21(18)29)27-11-14(23)19-15(24)5-7-25-22(19)27/h7-8,10-11,17,19,21-22,28-29H,3-6,9H2,1-2H3;2,5-7,11,17,19,21-22,26,29-30H,3-4,8,10H2,1H3;2,4-6,10,16,18,20-21,26,29-30H,1,3,7,9H2,(H2,25,27);2-5,7,11,16,18,20-21,28-29H,6,8-10H2,1H3,(H2,24,25)/t2*17?,19?,21-,22+;2*16?,18?,20-,21+/m0000/s1. The number of likely N-dealkylation sites (N-methyl/N-ethyl adjacent to an activating group) is 1. The number of hydrogen-bond acceptors (Lipinski definition) is 24. The van der Waals surface area contributed by atoms with Crippen molar-refractivity contribution in [1.82, 2.24) is 58.7 Å². The first-order valence-corrected chi connectivity index (χ1v) is 42.9. The summed E-state index contributed by atoms with van der Waals surface area (Å²) >= 11 is 7.12. The van der Waals surface area contributed by atoms with Crippen molar-refractivity contribution in [1.29, 1.82) is 10.5 Å². The molecule has 28 nitrogen and oxygen atoms in total. The van der Waals surface area contributed by atoms with Crippen molar-refractivity contribution in [2.24, 2.45) is 0 Å². The molecule has 636 valence electrons. The largest absolute Gasteiger partial charge is 0.487 e. The first kappa shape index (κ1) is 84.0. The average Bonchev–Trinajstić information content (AvgIpc) is 1.62. The van der Waals surface area contributed by atoms with Gasteiger partial charge >= 0.3 is 0 Å². The number of anilines is 2. The minimum atomic E-state index is -1.16. The Morgan fingerprint density at radius 3 is 1.43 bits per heavy atom.